The quantitative estimate of drug-likeness (QED) is 0.544. The van der Waals surface area contributed by atoms with Crippen molar-refractivity contribution in [3.05, 3.63) is 101 Å². The fraction of sp³-hybridized carbons (Fsp3) is 0.182. The van der Waals surface area contributed by atoms with E-state index < -0.39 is 10.1 Å². The second-order valence-electron chi connectivity index (χ2n) is 6.55. The van der Waals surface area contributed by atoms with Crippen molar-refractivity contribution in [3.8, 4) is 0 Å². The number of halogens is 1. The van der Waals surface area contributed by atoms with Gasteiger partial charge in [-0.3, -0.25) is 4.18 Å². The molecule has 3 rings (SSSR count). The van der Waals surface area contributed by atoms with Crippen molar-refractivity contribution in [2.45, 2.75) is 18.0 Å². The molecule has 3 aromatic rings. The summed E-state index contributed by atoms with van der Waals surface area (Å²) in [5.74, 6) is 0. The van der Waals surface area contributed by atoms with E-state index in [9.17, 15) is 8.42 Å². The molecule has 0 aliphatic rings. The first kappa shape index (κ1) is 20.6. The van der Waals surface area contributed by atoms with Gasteiger partial charge in [-0.25, -0.2) is 0 Å². The molecule has 0 heterocycles. The zero-order valence-electron chi connectivity index (χ0n) is 15.4. The van der Waals surface area contributed by atoms with Crippen molar-refractivity contribution in [2.24, 2.45) is 0 Å². The van der Waals surface area contributed by atoms with Crippen LogP contribution in [-0.2, 0) is 27.4 Å². The molecule has 1 N–H and O–H groups in total. The standard InChI is InChI=1S/C22H22ClNO3S/c23-21-11-13-22(14-12-21)28(25,26)27-16-15-24(17-19-7-3-1-4-8-19)18-20-9-5-2-6-10-20/h1-14H,15-18H2/p+1. The Balaban J connectivity index is 1.64. The van der Waals surface area contributed by atoms with Crippen LogP contribution in [0.5, 0.6) is 0 Å². The van der Waals surface area contributed by atoms with Gasteiger partial charge in [0.25, 0.3) is 10.1 Å². The Morgan fingerprint density at radius 1 is 0.750 bits per heavy atom. The second-order valence-corrected chi connectivity index (χ2v) is 8.61. The molecule has 0 saturated heterocycles. The molecular formula is C22H23ClNO3S+. The average molecular weight is 417 g/mol. The molecule has 0 aliphatic heterocycles. The molecule has 4 nitrogen and oxygen atoms in total. The van der Waals surface area contributed by atoms with Crippen LogP contribution in [0, 0.1) is 0 Å². The third kappa shape index (κ3) is 6.17. The lowest BCUT2D eigenvalue weighted by atomic mass is 10.1. The summed E-state index contributed by atoms with van der Waals surface area (Å²) in [6.07, 6.45) is 0. The van der Waals surface area contributed by atoms with Crippen molar-refractivity contribution in [2.75, 3.05) is 13.2 Å². The number of hydrogen-bond acceptors (Lipinski definition) is 3. The molecule has 6 heteroatoms. The fourth-order valence-electron chi connectivity index (χ4n) is 2.97. The molecule has 0 radical (unpaired) electrons. The van der Waals surface area contributed by atoms with Crippen LogP contribution >= 0.6 is 11.6 Å². The monoisotopic (exact) mass is 416 g/mol. The summed E-state index contributed by atoms with van der Waals surface area (Å²) in [6, 6.07) is 26.3. The lowest BCUT2D eigenvalue weighted by molar-refractivity contribution is -0.927. The van der Waals surface area contributed by atoms with Gasteiger partial charge in [0.15, 0.2) is 0 Å². The molecule has 0 bridgehead atoms. The van der Waals surface area contributed by atoms with Gasteiger partial charge in [0.1, 0.15) is 26.2 Å². The number of benzene rings is 3. The molecule has 0 atom stereocenters. The highest BCUT2D eigenvalue weighted by Crippen LogP contribution is 2.15. The van der Waals surface area contributed by atoms with E-state index in [-0.39, 0.29) is 11.5 Å². The predicted octanol–water partition coefficient (Wildman–Crippen LogP) is 3.33. The van der Waals surface area contributed by atoms with Crippen LogP contribution in [0.15, 0.2) is 89.8 Å². The highest BCUT2D eigenvalue weighted by Gasteiger charge is 2.17. The Morgan fingerprint density at radius 3 is 1.75 bits per heavy atom. The maximum absolute atomic E-state index is 12.4. The minimum Gasteiger partial charge on any atom is -0.325 e. The van der Waals surface area contributed by atoms with Crippen molar-refractivity contribution < 1.29 is 17.5 Å². The highest BCUT2D eigenvalue weighted by molar-refractivity contribution is 7.86. The largest absolute Gasteiger partial charge is 0.325 e. The van der Waals surface area contributed by atoms with E-state index >= 15 is 0 Å². The number of hydrogen-bond donors (Lipinski definition) is 1. The van der Waals surface area contributed by atoms with Gasteiger partial charge < -0.3 is 4.90 Å². The molecule has 0 spiro atoms. The van der Waals surface area contributed by atoms with Gasteiger partial charge in [-0.1, -0.05) is 72.3 Å². The summed E-state index contributed by atoms with van der Waals surface area (Å²) in [4.78, 5) is 1.34. The van der Waals surface area contributed by atoms with E-state index in [1.165, 1.54) is 28.2 Å². The highest BCUT2D eigenvalue weighted by atomic mass is 35.5. The minimum absolute atomic E-state index is 0.111. The Morgan fingerprint density at radius 2 is 1.25 bits per heavy atom. The SMILES string of the molecule is O=S(=O)(OCC[NH+](Cc1ccccc1)Cc1ccccc1)c1ccc(Cl)cc1. The zero-order valence-corrected chi connectivity index (χ0v) is 17.0. The van der Waals surface area contributed by atoms with Crippen LogP contribution in [0.2, 0.25) is 5.02 Å². The maximum atomic E-state index is 12.4. The Hall–Kier alpha value is -2.18. The summed E-state index contributed by atoms with van der Waals surface area (Å²) < 4.78 is 30.0. The molecule has 0 amide bonds. The molecule has 28 heavy (non-hydrogen) atoms. The normalized spacial score (nSPS) is 11.6. The van der Waals surface area contributed by atoms with Gasteiger partial charge in [-0.2, -0.15) is 8.42 Å². The van der Waals surface area contributed by atoms with E-state index in [2.05, 4.69) is 24.3 Å². The topological polar surface area (TPSA) is 47.8 Å². The Kier molecular flexibility index (Phi) is 7.23. The fourth-order valence-corrected chi connectivity index (χ4v) is 4.01. The van der Waals surface area contributed by atoms with E-state index in [0.717, 1.165) is 13.1 Å². The van der Waals surface area contributed by atoms with E-state index in [0.29, 0.717) is 11.6 Å². The Bertz CT molecular complexity index is 920. The lowest BCUT2D eigenvalue weighted by Gasteiger charge is -2.20. The first-order valence-electron chi connectivity index (χ1n) is 9.09. The first-order chi connectivity index (χ1) is 13.5. The van der Waals surface area contributed by atoms with E-state index in [1.807, 2.05) is 36.4 Å². The van der Waals surface area contributed by atoms with Crippen molar-refractivity contribution in [1.29, 1.82) is 0 Å². The molecule has 0 fully saturated rings. The number of nitrogens with one attached hydrogen (secondary N) is 1. The summed E-state index contributed by atoms with van der Waals surface area (Å²) >= 11 is 5.82. The molecule has 0 unspecified atom stereocenters. The molecule has 0 aliphatic carbocycles. The molecular weight excluding hydrogens is 394 g/mol. The maximum Gasteiger partial charge on any atom is 0.297 e. The predicted molar refractivity (Wildman–Crippen MR) is 111 cm³/mol. The summed E-state index contributed by atoms with van der Waals surface area (Å²) in [5.41, 5.74) is 2.41. The Labute approximate surface area is 171 Å². The van der Waals surface area contributed by atoms with Crippen molar-refractivity contribution in [1.82, 2.24) is 0 Å². The third-order valence-electron chi connectivity index (χ3n) is 4.39. The zero-order chi connectivity index (χ0) is 19.8. The molecule has 0 aromatic heterocycles. The lowest BCUT2D eigenvalue weighted by Crippen LogP contribution is -3.09. The summed E-state index contributed by atoms with van der Waals surface area (Å²) in [7, 11) is -3.79. The summed E-state index contributed by atoms with van der Waals surface area (Å²) in [6.45, 7) is 2.26. The average Bonchev–Trinajstić information content (AvgIpc) is 2.70. The van der Waals surface area contributed by atoms with Gasteiger partial charge in [-0.15, -0.1) is 0 Å². The molecule has 3 aromatic carbocycles. The van der Waals surface area contributed by atoms with E-state index in [1.54, 1.807) is 12.1 Å². The third-order valence-corrected chi connectivity index (χ3v) is 5.97. The van der Waals surface area contributed by atoms with Crippen molar-refractivity contribution in [3.63, 3.8) is 0 Å². The van der Waals surface area contributed by atoms with Crippen LogP contribution in [-0.4, -0.2) is 21.6 Å². The van der Waals surface area contributed by atoms with E-state index in [4.69, 9.17) is 15.8 Å². The first-order valence-corrected chi connectivity index (χ1v) is 10.9. The van der Waals surface area contributed by atoms with Crippen LogP contribution in [0.1, 0.15) is 11.1 Å². The molecule has 146 valence electrons. The van der Waals surface area contributed by atoms with Crippen LogP contribution < -0.4 is 4.90 Å². The van der Waals surface area contributed by atoms with Crippen LogP contribution in [0.3, 0.4) is 0 Å². The summed E-state index contributed by atoms with van der Waals surface area (Å²) in [5, 5.41) is 0.486. The van der Waals surface area contributed by atoms with Crippen molar-refractivity contribution >= 4 is 21.7 Å². The second kappa shape index (κ2) is 9.85. The van der Waals surface area contributed by atoms with Gasteiger partial charge >= 0.3 is 0 Å². The van der Waals surface area contributed by atoms with Gasteiger partial charge in [0, 0.05) is 16.1 Å². The molecule has 0 saturated carbocycles. The smallest absolute Gasteiger partial charge is 0.297 e. The number of rotatable bonds is 9. The minimum atomic E-state index is -3.79. The van der Waals surface area contributed by atoms with Gasteiger partial charge in [-0.05, 0) is 24.3 Å². The van der Waals surface area contributed by atoms with Crippen LogP contribution in [0.4, 0.5) is 0 Å². The van der Waals surface area contributed by atoms with Gasteiger partial charge in [0.2, 0.25) is 0 Å². The van der Waals surface area contributed by atoms with Gasteiger partial charge in [0.05, 0.1) is 4.90 Å². The number of quaternary nitrogens is 1. The van der Waals surface area contributed by atoms with Crippen LogP contribution in [0.25, 0.3) is 0 Å².